The van der Waals surface area contributed by atoms with Crippen LogP contribution >= 0.6 is 0 Å². The molecule has 26 heavy (non-hydrogen) atoms. The van der Waals surface area contributed by atoms with Crippen LogP contribution in [0.3, 0.4) is 0 Å². The molecular weight excluding hydrogens is 340 g/mol. The van der Waals surface area contributed by atoms with Crippen molar-refractivity contribution in [2.75, 3.05) is 13.7 Å². The van der Waals surface area contributed by atoms with Crippen LogP contribution in [0.15, 0.2) is 30.3 Å². The fourth-order valence-electron chi connectivity index (χ4n) is 2.17. The Bertz CT molecular complexity index is 578. The fraction of sp³-hybridized carbons (Fsp3) is 0.500. The number of ether oxygens (including phenoxy) is 2. The number of aliphatic hydroxyl groups excluding tert-OH is 1. The Morgan fingerprint density at radius 3 is 2.38 bits per heavy atom. The van der Waals surface area contributed by atoms with Crippen molar-refractivity contribution in [2.45, 2.75) is 44.9 Å². The Balaban J connectivity index is 2.55. The second kappa shape index (κ2) is 11.9. The lowest BCUT2D eigenvalue weighted by Gasteiger charge is -2.20. The number of hydrogen-bond acceptors (Lipinski definition) is 6. The quantitative estimate of drug-likeness (QED) is 0.535. The molecule has 0 aromatic heterocycles. The van der Waals surface area contributed by atoms with Crippen molar-refractivity contribution < 1.29 is 29.0 Å². The van der Waals surface area contributed by atoms with E-state index in [0.717, 1.165) is 18.4 Å². The third-order valence-electron chi connectivity index (χ3n) is 3.65. The number of benzene rings is 1. The van der Waals surface area contributed by atoms with Gasteiger partial charge < -0.3 is 25.2 Å². The van der Waals surface area contributed by atoms with Crippen molar-refractivity contribution in [2.24, 2.45) is 0 Å². The fourth-order valence-corrected chi connectivity index (χ4v) is 2.17. The van der Waals surface area contributed by atoms with E-state index in [1.807, 2.05) is 25.1 Å². The van der Waals surface area contributed by atoms with E-state index in [2.05, 4.69) is 15.4 Å². The summed E-state index contributed by atoms with van der Waals surface area (Å²) in [6, 6.07) is 6.98. The predicted molar refractivity (Wildman–Crippen MR) is 94.1 cm³/mol. The number of carbonyl (C=O) groups excluding carboxylic acids is 3. The molecule has 0 aliphatic rings. The molecule has 0 bridgehead atoms. The van der Waals surface area contributed by atoms with Gasteiger partial charge in [0, 0.05) is 0 Å². The van der Waals surface area contributed by atoms with E-state index in [4.69, 9.17) is 4.74 Å². The van der Waals surface area contributed by atoms with Crippen LogP contribution in [-0.4, -0.2) is 48.9 Å². The molecule has 0 aliphatic heterocycles. The van der Waals surface area contributed by atoms with Gasteiger partial charge >= 0.3 is 12.1 Å². The minimum atomic E-state index is -1.23. The van der Waals surface area contributed by atoms with E-state index in [9.17, 15) is 19.5 Å². The highest BCUT2D eigenvalue weighted by Gasteiger charge is 2.26. The lowest BCUT2D eigenvalue weighted by Crippen LogP contribution is -2.53. The molecule has 0 heterocycles. The standard InChI is InChI=1S/C18H26N2O6/c1-3-4-10-14(17(23)25-2)19-16(22)15(11-21)20-18(24)26-12-13-8-6-5-7-9-13/h5-9,14-15,21H,3-4,10-12H2,1-2H3,(H,19,22)(H,20,24)/t14-,15-/m0/s1. The summed E-state index contributed by atoms with van der Waals surface area (Å²) in [7, 11) is 1.23. The highest BCUT2D eigenvalue weighted by atomic mass is 16.5. The van der Waals surface area contributed by atoms with Crippen LogP contribution < -0.4 is 10.6 Å². The molecule has 0 unspecified atom stereocenters. The number of amides is 2. The zero-order chi connectivity index (χ0) is 19.4. The van der Waals surface area contributed by atoms with Gasteiger partial charge in [-0.05, 0) is 12.0 Å². The summed E-state index contributed by atoms with van der Waals surface area (Å²) in [5.41, 5.74) is 0.790. The van der Waals surface area contributed by atoms with Crippen molar-refractivity contribution >= 4 is 18.0 Å². The van der Waals surface area contributed by atoms with Crippen molar-refractivity contribution in [1.29, 1.82) is 0 Å². The lowest BCUT2D eigenvalue weighted by atomic mass is 10.1. The smallest absolute Gasteiger partial charge is 0.408 e. The molecule has 0 radical (unpaired) electrons. The molecule has 0 saturated heterocycles. The molecule has 0 spiro atoms. The topological polar surface area (TPSA) is 114 Å². The minimum Gasteiger partial charge on any atom is -0.467 e. The zero-order valence-corrected chi connectivity index (χ0v) is 15.1. The molecule has 1 aromatic carbocycles. The normalized spacial score (nSPS) is 12.6. The summed E-state index contributed by atoms with van der Waals surface area (Å²) in [4.78, 5) is 35.8. The van der Waals surface area contributed by atoms with Crippen LogP contribution in [0.4, 0.5) is 4.79 Å². The maximum absolute atomic E-state index is 12.2. The molecule has 1 aromatic rings. The van der Waals surface area contributed by atoms with Crippen LogP contribution in [0.2, 0.25) is 0 Å². The average Bonchev–Trinajstić information content (AvgIpc) is 2.67. The Hall–Kier alpha value is -2.61. The first-order valence-corrected chi connectivity index (χ1v) is 8.48. The third kappa shape index (κ3) is 7.52. The van der Waals surface area contributed by atoms with Gasteiger partial charge in [-0.25, -0.2) is 9.59 Å². The maximum Gasteiger partial charge on any atom is 0.408 e. The van der Waals surface area contributed by atoms with Crippen LogP contribution in [0.5, 0.6) is 0 Å². The van der Waals surface area contributed by atoms with Crippen molar-refractivity contribution in [3.8, 4) is 0 Å². The summed E-state index contributed by atoms with van der Waals surface area (Å²) in [5.74, 6) is -1.26. The van der Waals surface area contributed by atoms with Crippen LogP contribution in [0.25, 0.3) is 0 Å². The summed E-state index contributed by atoms with van der Waals surface area (Å²) in [6.45, 7) is 1.36. The molecule has 1 rings (SSSR count). The Kier molecular flexibility index (Phi) is 9.78. The number of rotatable bonds is 10. The summed E-state index contributed by atoms with van der Waals surface area (Å²) < 4.78 is 9.68. The highest BCUT2D eigenvalue weighted by molar-refractivity contribution is 5.89. The van der Waals surface area contributed by atoms with Crippen molar-refractivity contribution in [3.63, 3.8) is 0 Å². The maximum atomic E-state index is 12.2. The van der Waals surface area contributed by atoms with Gasteiger partial charge in [-0.15, -0.1) is 0 Å². The second-order valence-electron chi connectivity index (χ2n) is 5.67. The molecule has 0 fully saturated rings. The number of aliphatic hydroxyl groups is 1. The molecule has 8 nitrogen and oxygen atoms in total. The van der Waals surface area contributed by atoms with Gasteiger partial charge in [-0.1, -0.05) is 50.1 Å². The molecule has 2 atom stereocenters. The largest absolute Gasteiger partial charge is 0.467 e. The van der Waals surface area contributed by atoms with E-state index in [1.165, 1.54) is 7.11 Å². The Labute approximate surface area is 152 Å². The number of hydrogen-bond donors (Lipinski definition) is 3. The molecule has 3 N–H and O–H groups in total. The van der Waals surface area contributed by atoms with Gasteiger partial charge in [0.2, 0.25) is 5.91 Å². The first-order valence-electron chi connectivity index (χ1n) is 8.48. The molecule has 0 saturated carbocycles. The first kappa shape index (κ1) is 21.4. The van der Waals surface area contributed by atoms with E-state index in [1.54, 1.807) is 12.1 Å². The predicted octanol–water partition coefficient (Wildman–Crippen LogP) is 1.12. The van der Waals surface area contributed by atoms with Gasteiger partial charge in [-0.3, -0.25) is 4.79 Å². The minimum absolute atomic E-state index is 0.0354. The zero-order valence-electron chi connectivity index (χ0n) is 15.1. The monoisotopic (exact) mass is 366 g/mol. The number of alkyl carbamates (subject to hydrolysis) is 1. The summed E-state index contributed by atoms with van der Waals surface area (Å²) in [5, 5.41) is 14.1. The Morgan fingerprint density at radius 2 is 1.81 bits per heavy atom. The van der Waals surface area contributed by atoms with Crippen LogP contribution in [0, 0.1) is 0 Å². The number of esters is 1. The number of unbranched alkanes of at least 4 members (excludes halogenated alkanes) is 1. The number of methoxy groups -OCH3 is 1. The van der Waals surface area contributed by atoms with E-state index >= 15 is 0 Å². The van der Waals surface area contributed by atoms with Gasteiger partial charge in [0.05, 0.1) is 13.7 Å². The molecule has 0 aliphatic carbocycles. The second-order valence-corrected chi connectivity index (χ2v) is 5.67. The average molecular weight is 366 g/mol. The number of nitrogens with one attached hydrogen (secondary N) is 2. The summed E-state index contributed by atoms with van der Waals surface area (Å²) in [6.07, 6.45) is 1.13. The summed E-state index contributed by atoms with van der Waals surface area (Å²) >= 11 is 0. The van der Waals surface area contributed by atoms with Crippen LogP contribution in [0.1, 0.15) is 31.7 Å². The van der Waals surface area contributed by atoms with E-state index < -0.39 is 36.7 Å². The van der Waals surface area contributed by atoms with Crippen molar-refractivity contribution in [3.05, 3.63) is 35.9 Å². The van der Waals surface area contributed by atoms with E-state index in [0.29, 0.717) is 6.42 Å². The molecular formula is C18H26N2O6. The lowest BCUT2D eigenvalue weighted by molar-refractivity contribution is -0.145. The first-order chi connectivity index (χ1) is 12.5. The van der Waals surface area contributed by atoms with Gasteiger partial charge in [0.25, 0.3) is 0 Å². The Morgan fingerprint density at radius 1 is 1.12 bits per heavy atom. The third-order valence-corrected chi connectivity index (χ3v) is 3.65. The van der Waals surface area contributed by atoms with Crippen molar-refractivity contribution in [1.82, 2.24) is 10.6 Å². The van der Waals surface area contributed by atoms with Gasteiger partial charge in [-0.2, -0.15) is 0 Å². The molecule has 2 amide bonds. The van der Waals surface area contributed by atoms with Gasteiger partial charge in [0.1, 0.15) is 18.7 Å². The molecule has 8 heteroatoms. The van der Waals surface area contributed by atoms with Crippen LogP contribution in [-0.2, 0) is 25.7 Å². The number of carbonyl (C=O) groups is 3. The van der Waals surface area contributed by atoms with E-state index in [-0.39, 0.29) is 6.61 Å². The molecule has 144 valence electrons. The SMILES string of the molecule is CCCC[C@H](NC(=O)[C@H](CO)NC(=O)OCc1ccccc1)C(=O)OC. The highest BCUT2D eigenvalue weighted by Crippen LogP contribution is 2.04. The van der Waals surface area contributed by atoms with Gasteiger partial charge in [0.15, 0.2) is 0 Å².